The van der Waals surface area contributed by atoms with Gasteiger partial charge in [0.25, 0.3) is 0 Å². The Morgan fingerprint density at radius 1 is 1.56 bits per heavy atom. The molecule has 2 nitrogen and oxygen atoms in total. The summed E-state index contributed by atoms with van der Waals surface area (Å²) >= 11 is 0. The highest BCUT2D eigenvalue weighted by atomic mass is 14.7. The number of aliphatic imine (C=N–C) groups is 1. The summed E-state index contributed by atoms with van der Waals surface area (Å²) in [5, 5.41) is 0. The van der Waals surface area contributed by atoms with Gasteiger partial charge < -0.3 is 5.73 Å². The van der Waals surface area contributed by atoms with Gasteiger partial charge in [0.05, 0.1) is 0 Å². The molecule has 0 saturated carbocycles. The van der Waals surface area contributed by atoms with Crippen LogP contribution >= 0.6 is 0 Å². The van der Waals surface area contributed by atoms with Gasteiger partial charge >= 0.3 is 0 Å². The van der Waals surface area contributed by atoms with Gasteiger partial charge in [-0.05, 0) is 26.1 Å². The minimum atomic E-state index is 0.797. The Morgan fingerprint density at radius 2 is 2.11 bits per heavy atom. The summed E-state index contributed by atoms with van der Waals surface area (Å²) in [5.41, 5.74) is 6.79. The molecule has 0 aliphatic rings. The largest absolute Gasteiger partial charge is 0.405 e. The van der Waals surface area contributed by atoms with E-state index in [1.165, 1.54) is 6.20 Å². The molecule has 0 aromatic heterocycles. The zero-order chi connectivity index (χ0) is 7.28. The van der Waals surface area contributed by atoms with Crippen LogP contribution in [0, 0.1) is 0 Å². The first-order valence-electron chi connectivity index (χ1n) is 2.76. The van der Waals surface area contributed by atoms with Crippen LogP contribution in [-0.2, 0) is 0 Å². The summed E-state index contributed by atoms with van der Waals surface area (Å²) in [4.78, 5) is 4.02. The van der Waals surface area contributed by atoms with Crippen LogP contribution < -0.4 is 5.73 Å². The molecule has 0 unspecified atom stereocenters. The second-order valence-corrected chi connectivity index (χ2v) is 1.85. The fraction of sp³-hybridized carbons (Fsp3) is 0.286. The molecular formula is C7H12N2. The Balaban J connectivity index is 4.00. The predicted molar refractivity (Wildman–Crippen MR) is 41.3 cm³/mol. The first-order chi connectivity index (χ1) is 4.16. The minimum absolute atomic E-state index is 0.797. The lowest BCUT2D eigenvalue weighted by molar-refractivity contribution is 1.32. The summed E-state index contributed by atoms with van der Waals surface area (Å²) in [6.45, 7) is 7.33. The van der Waals surface area contributed by atoms with E-state index in [-0.39, 0.29) is 0 Å². The van der Waals surface area contributed by atoms with Crippen LogP contribution in [0.25, 0.3) is 0 Å². The lowest BCUT2D eigenvalue weighted by atomic mass is 10.4. The number of nitrogens with two attached hydrogens (primary N) is 1. The van der Waals surface area contributed by atoms with E-state index >= 15 is 0 Å². The molecule has 2 N–H and O–H groups in total. The maximum Gasteiger partial charge on any atom is 0.0389 e. The topological polar surface area (TPSA) is 38.4 Å². The van der Waals surface area contributed by atoms with Crippen LogP contribution in [0.4, 0.5) is 0 Å². The number of hydrogen-bond acceptors (Lipinski definition) is 2. The molecule has 0 rings (SSSR count). The minimum Gasteiger partial charge on any atom is -0.405 e. The molecule has 0 radical (unpaired) electrons. The molecule has 0 spiro atoms. The first-order valence-corrected chi connectivity index (χ1v) is 2.76. The van der Waals surface area contributed by atoms with E-state index in [9.17, 15) is 0 Å². The van der Waals surface area contributed by atoms with Crippen LogP contribution in [0.5, 0.6) is 0 Å². The van der Waals surface area contributed by atoms with Crippen molar-refractivity contribution in [3.8, 4) is 0 Å². The van der Waals surface area contributed by atoms with Crippen molar-refractivity contribution in [2.45, 2.75) is 13.8 Å². The molecule has 0 fully saturated rings. The summed E-state index contributed by atoms with van der Waals surface area (Å²) < 4.78 is 0. The Hall–Kier alpha value is -1.05. The van der Waals surface area contributed by atoms with Gasteiger partial charge in [0.2, 0.25) is 0 Å². The molecule has 0 bridgehead atoms. The average molecular weight is 124 g/mol. The molecule has 2 heteroatoms. The van der Waals surface area contributed by atoms with Crippen LogP contribution in [0.3, 0.4) is 0 Å². The highest BCUT2D eigenvalue weighted by molar-refractivity contribution is 5.93. The molecular weight excluding hydrogens is 112 g/mol. The van der Waals surface area contributed by atoms with E-state index in [0.717, 1.165) is 11.4 Å². The Morgan fingerprint density at radius 3 is 2.44 bits per heavy atom. The van der Waals surface area contributed by atoms with Crippen LogP contribution in [0.2, 0.25) is 0 Å². The molecule has 0 saturated heterocycles. The van der Waals surface area contributed by atoms with Gasteiger partial charge in [-0.15, -0.1) is 0 Å². The van der Waals surface area contributed by atoms with Gasteiger partial charge in [-0.25, -0.2) is 0 Å². The van der Waals surface area contributed by atoms with Crippen molar-refractivity contribution in [3.05, 3.63) is 24.6 Å². The van der Waals surface area contributed by atoms with Gasteiger partial charge in [-0.1, -0.05) is 6.58 Å². The van der Waals surface area contributed by atoms with Crippen LogP contribution in [0.15, 0.2) is 29.5 Å². The Bertz CT molecular complexity index is 154. The van der Waals surface area contributed by atoms with Crippen molar-refractivity contribution >= 4 is 5.71 Å². The van der Waals surface area contributed by atoms with Crippen LogP contribution in [0.1, 0.15) is 13.8 Å². The Kier molecular flexibility index (Phi) is 3.44. The van der Waals surface area contributed by atoms with Gasteiger partial charge in [0.15, 0.2) is 0 Å². The molecule has 50 valence electrons. The van der Waals surface area contributed by atoms with E-state index in [1.807, 2.05) is 13.8 Å². The zero-order valence-electron chi connectivity index (χ0n) is 5.89. The third kappa shape index (κ3) is 4.81. The quantitative estimate of drug-likeness (QED) is 0.556. The Labute approximate surface area is 55.8 Å². The second kappa shape index (κ2) is 3.89. The summed E-state index contributed by atoms with van der Waals surface area (Å²) in [7, 11) is 0. The summed E-state index contributed by atoms with van der Waals surface area (Å²) in [5.74, 6) is 0. The number of allylic oxidation sites excluding steroid dienone is 2. The van der Waals surface area contributed by atoms with E-state index in [2.05, 4.69) is 11.6 Å². The lowest BCUT2D eigenvalue weighted by Crippen LogP contribution is -1.87. The first kappa shape index (κ1) is 7.95. The van der Waals surface area contributed by atoms with Crippen molar-refractivity contribution in [1.29, 1.82) is 0 Å². The van der Waals surface area contributed by atoms with E-state index in [0.29, 0.717) is 0 Å². The van der Waals surface area contributed by atoms with Crippen molar-refractivity contribution in [2.75, 3.05) is 0 Å². The summed E-state index contributed by atoms with van der Waals surface area (Å²) in [6.07, 6.45) is 3.19. The fourth-order valence-corrected chi connectivity index (χ4v) is 0.478. The normalized spacial score (nSPS) is 12.4. The van der Waals surface area contributed by atoms with E-state index < -0.39 is 0 Å². The van der Waals surface area contributed by atoms with Gasteiger partial charge in [-0.2, -0.15) is 0 Å². The van der Waals surface area contributed by atoms with Gasteiger partial charge in [0.1, 0.15) is 0 Å². The van der Waals surface area contributed by atoms with Crippen molar-refractivity contribution in [1.82, 2.24) is 0 Å². The SMILES string of the molecule is C=C(C)/N=C(C)\C=C/N. The van der Waals surface area contributed by atoms with E-state index in [1.54, 1.807) is 6.08 Å². The van der Waals surface area contributed by atoms with Crippen molar-refractivity contribution < 1.29 is 0 Å². The molecule has 0 aliphatic heterocycles. The van der Waals surface area contributed by atoms with E-state index in [4.69, 9.17) is 5.73 Å². The highest BCUT2D eigenvalue weighted by Crippen LogP contribution is 1.90. The fourth-order valence-electron chi connectivity index (χ4n) is 0.478. The van der Waals surface area contributed by atoms with Crippen molar-refractivity contribution in [2.24, 2.45) is 10.7 Å². The lowest BCUT2D eigenvalue weighted by Gasteiger charge is -1.88. The number of hydrogen-bond donors (Lipinski definition) is 1. The molecule has 0 amide bonds. The number of nitrogens with zero attached hydrogens (tertiary/aromatic N) is 1. The zero-order valence-corrected chi connectivity index (χ0v) is 5.89. The average Bonchev–Trinajstić information content (AvgIpc) is 1.63. The molecule has 0 atom stereocenters. The molecule has 9 heavy (non-hydrogen) atoms. The third-order valence-corrected chi connectivity index (χ3v) is 0.705. The van der Waals surface area contributed by atoms with Gasteiger partial charge in [0, 0.05) is 11.4 Å². The number of rotatable bonds is 2. The van der Waals surface area contributed by atoms with Crippen molar-refractivity contribution in [3.63, 3.8) is 0 Å². The summed E-state index contributed by atoms with van der Waals surface area (Å²) in [6, 6.07) is 0. The maximum atomic E-state index is 5.11. The molecule has 0 aliphatic carbocycles. The smallest absolute Gasteiger partial charge is 0.0389 e. The maximum absolute atomic E-state index is 5.11. The third-order valence-electron chi connectivity index (χ3n) is 0.705. The second-order valence-electron chi connectivity index (χ2n) is 1.85. The molecule has 0 aromatic rings. The highest BCUT2D eigenvalue weighted by Gasteiger charge is 1.79. The predicted octanol–water partition coefficient (Wildman–Crippen LogP) is 1.45. The molecule has 0 heterocycles. The monoisotopic (exact) mass is 124 g/mol. The standard InChI is InChI=1S/C7H12N2/c1-6(2)9-7(3)4-5-8/h4-5H,1,8H2,2-3H3/b5-4-,9-7-. The van der Waals surface area contributed by atoms with Gasteiger partial charge in [-0.3, -0.25) is 4.99 Å². The van der Waals surface area contributed by atoms with Crippen LogP contribution in [-0.4, -0.2) is 5.71 Å². The molecule has 0 aromatic carbocycles.